The van der Waals surface area contributed by atoms with Gasteiger partial charge in [0.2, 0.25) is 0 Å². The van der Waals surface area contributed by atoms with E-state index >= 15 is 0 Å². The van der Waals surface area contributed by atoms with Crippen molar-refractivity contribution in [2.75, 3.05) is 31.2 Å². The van der Waals surface area contributed by atoms with Crippen molar-refractivity contribution >= 4 is 17.4 Å². The summed E-state index contributed by atoms with van der Waals surface area (Å²) in [5.41, 5.74) is 2.53. The Morgan fingerprint density at radius 2 is 2.03 bits per heavy atom. The lowest BCUT2D eigenvalue weighted by Gasteiger charge is -2.59. The summed E-state index contributed by atoms with van der Waals surface area (Å²) in [4.78, 5) is 12.3. The summed E-state index contributed by atoms with van der Waals surface area (Å²) in [6.07, 6.45) is 5.72. The van der Waals surface area contributed by atoms with E-state index in [0.29, 0.717) is 17.8 Å². The molecule has 0 radical (unpaired) electrons. The molecule has 176 valence electrons. The lowest BCUT2D eigenvalue weighted by atomic mass is 9.57. The van der Waals surface area contributed by atoms with Crippen LogP contribution in [0.4, 0.5) is 10.2 Å². The zero-order valence-corrected chi connectivity index (χ0v) is 19.5. The minimum Gasteiger partial charge on any atom is -0.380 e. The highest BCUT2D eigenvalue weighted by Gasteiger charge is 2.55. The summed E-state index contributed by atoms with van der Waals surface area (Å²) < 4.78 is 22.0. The third kappa shape index (κ3) is 3.25. The van der Waals surface area contributed by atoms with Gasteiger partial charge in [-0.05, 0) is 43.0 Å². The highest BCUT2D eigenvalue weighted by Crippen LogP contribution is 2.56. The van der Waals surface area contributed by atoms with E-state index in [9.17, 15) is 4.39 Å². The number of benzene rings is 1. The maximum atomic E-state index is 14.1. The lowest BCUT2D eigenvalue weighted by molar-refractivity contribution is 0.0575. The Hall–Kier alpha value is -2.62. The fourth-order valence-corrected chi connectivity index (χ4v) is 6.46. The molecular weight excluding hydrogens is 457 g/mol. The Labute approximate surface area is 201 Å². The van der Waals surface area contributed by atoms with Crippen molar-refractivity contribution in [1.82, 2.24) is 29.6 Å². The lowest BCUT2D eigenvalue weighted by Crippen LogP contribution is -2.62. The Morgan fingerprint density at radius 3 is 2.82 bits per heavy atom. The summed E-state index contributed by atoms with van der Waals surface area (Å²) in [6.45, 7) is 4.76. The molecule has 1 aliphatic carbocycles. The molecule has 3 aromatic rings. The van der Waals surface area contributed by atoms with Crippen LogP contribution in [0.15, 0.2) is 30.7 Å². The van der Waals surface area contributed by atoms with Crippen LogP contribution in [0.5, 0.6) is 0 Å². The second-order valence-electron chi connectivity index (χ2n) is 10.2. The van der Waals surface area contributed by atoms with Crippen LogP contribution in [0, 0.1) is 11.2 Å². The van der Waals surface area contributed by atoms with E-state index in [2.05, 4.69) is 41.8 Å². The van der Waals surface area contributed by atoms with E-state index in [0.717, 1.165) is 81.0 Å². The zero-order valence-electron chi connectivity index (χ0n) is 18.7. The molecule has 0 N–H and O–H groups in total. The van der Waals surface area contributed by atoms with Crippen molar-refractivity contribution in [3.8, 4) is 5.69 Å². The van der Waals surface area contributed by atoms with Crippen molar-refractivity contribution in [3.63, 3.8) is 0 Å². The van der Waals surface area contributed by atoms with Crippen LogP contribution in [0.2, 0.25) is 5.02 Å². The predicted octanol–water partition coefficient (Wildman–Crippen LogP) is 3.34. The fourth-order valence-electron chi connectivity index (χ4n) is 6.26. The molecule has 2 aromatic heterocycles. The Balaban J connectivity index is 1.15. The number of hydrogen-bond acceptors (Lipinski definition) is 7. The highest BCUT2D eigenvalue weighted by atomic mass is 35.5. The standard InChI is InChI=1S/C24H25ClFN7O/c25-17-1-2-20-15(5-17)9-31(18-3-4-34-11-18)10-21-29-30-22(33(20)21)16-6-24(7-16)12-32(13-24)23-19(26)8-27-14-28-23/h1-2,5,8,14,16,18H,3-4,6-7,9-13H2/t18-/m0/s1. The predicted molar refractivity (Wildman–Crippen MR) is 123 cm³/mol. The molecule has 3 aliphatic heterocycles. The number of fused-ring (bicyclic) bond motifs is 3. The average molecular weight is 482 g/mol. The van der Waals surface area contributed by atoms with Crippen LogP contribution in [0.25, 0.3) is 5.69 Å². The van der Waals surface area contributed by atoms with Gasteiger partial charge in [-0.15, -0.1) is 10.2 Å². The molecule has 3 fully saturated rings. The average Bonchev–Trinajstić information content (AvgIpc) is 3.41. The van der Waals surface area contributed by atoms with Gasteiger partial charge in [-0.25, -0.2) is 14.4 Å². The second-order valence-corrected chi connectivity index (χ2v) is 10.6. The number of halogens is 2. The second kappa shape index (κ2) is 7.69. The van der Waals surface area contributed by atoms with Gasteiger partial charge in [0.15, 0.2) is 17.5 Å². The molecule has 2 saturated heterocycles. The maximum absolute atomic E-state index is 14.1. The van der Waals surface area contributed by atoms with Gasteiger partial charge in [0, 0.05) is 48.6 Å². The largest absolute Gasteiger partial charge is 0.380 e. The van der Waals surface area contributed by atoms with Gasteiger partial charge < -0.3 is 9.64 Å². The smallest absolute Gasteiger partial charge is 0.183 e. The monoisotopic (exact) mass is 481 g/mol. The van der Waals surface area contributed by atoms with E-state index in [1.54, 1.807) is 0 Å². The van der Waals surface area contributed by atoms with E-state index in [-0.39, 0.29) is 11.2 Å². The fraction of sp³-hybridized carbons (Fsp3) is 0.500. The first-order valence-corrected chi connectivity index (χ1v) is 12.2. The molecular formula is C24H25ClFN7O. The highest BCUT2D eigenvalue weighted by molar-refractivity contribution is 6.30. The minimum absolute atomic E-state index is 0.204. The molecule has 7 rings (SSSR count). The molecule has 0 bridgehead atoms. The molecule has 1 atom stereocenters. The quantitative estimate of drug-likeness (QED) is 0.568. The third-order valence-corrected chi connectivity index (χ3v) is 8.14. The van der Waals surface area contributed by atoms with Gasteiger partial charge in [0.1, 0.15) is 12.2 Å². The van der Waals surface area contributed by atoms with Crippen LogP contribution in [-0.2, 0) is 17.8 Å². The summed E-state index contributed by atoms with van der Waals surface area (Å²) >= 11 is 6.39. The van der Waals surface area contributed by atoms with Crippen LogP contribution in [0.1, 0.15) is 42.4 Å². The molecule has 0 amide bonds. The molecule has 0 unspecified atom stereocenters. The van der Waals surface area contributed by atoms with Crippen molar-refractivity contribution in [2.45, 2.75) is 44.3 Å². The summed E-state index contributed by atoms with van der Waals surface area (Å²) in [5.74, 6) is 2.39. The van der Waals surface area contributed by atoms with Crippen molar-refractivity contribution in [2.24, 2.45) is 5.41 Å². The van der Waals surface area contributed by atoms with E-state index in [4.69, 9.17) is 16.3 Å². The minimum atomic E-state index is -0.358. The van der Waals surface area contributed by atoms with Crippen LogP contribution >= 0.6 is 11.6 Å². The molecule has 1 spiro atoms. The van der Waals surface area contributed by atoms with E-state index in [1.807, 2.05) is 11.0 Å². The first-order valence-electron chi connectivity index (χ1n) is 11.8. The zero-order chi connectivity index (χ0) is 22.9. The summed E-state index contributed by atoms with van der Waals surface area (Å²) in [7, 11) is 0. The first-order chi connectivity index (χ1) is 16.6. The SMILES string of the molecule is Fc1cncnc1N1CC2(CC(c3nnc4n3-c3ccc(Cl)cc3CN([C@H]3CCOC3)C4)C2)C1. The van der Waals surface area contributed by atoms with Gasteiger partial charge in [0.25, 0.3) is 0 Å². The number of rotatable bonds is 3. The number of aromatic nitrogens is 5. The molecule has 5 heterocycles. The van der Waals surface area contributed by atoms with E-state index < -0.39 is 0 Å². The molecule has 10 heteroatoms. The number of nitrogens with zero attached hydrogens (tertiary/aromatic N) is 7. The van der Waals surface area contributed by atoms with Gasteiger partial charge >= 0.3 is 0 Å². The van der Waals surface area contributed by atoms with Gasteiger partial charge in [-0.1, -0.05) is 11.6 Å². The normalized spacial score (nSPS) is 23.8. The first kappa shape index (κ1) is 20.7. The van der Waals surface area contributed by atoms with Crippen molar-refractivity contribution < 1.29 is 9.13 Å². The molecule has 34 heavy (non-hydrogen) atoms. The maximum Gasteiger partial charge on any atom is 0.183 e. The number of hydrogen-bond donors (Lipinski definition) is 0. The van der Waals surface area contributed by atoms with Crippen LogP contribution in [-0.4, -0.2) is 62.0 Å². The Kier molecular flexibility index (Phi) is 4.69. The molecule has 1 aromatic carbocycles. The van der Waals surface area contributed by atoms with Crippen molar-refractivity contribution in [1.29, 1.82) is 0 Å². The Morgan fingerprint density at radius 1 is 1.15 bits per heavy atom. The topological polar surface area (TPSA) is 72.2 Å². The third-order valence-electron chi connectivity index (χ3n) is 7.90. The number of anilines is 1. The molecule has 1 saturated carbocycles. The van der Waals surface area contributed by atoms with Gasteiger partial charge in [-0.2, -0.15) is 0 Å². The van der Waals surface area contributed by atoms with Crippen LogP contribution in [0.3, 0.4) is 0 Å². The van der Waals surface area contributed by atoms with Gasteiger partial charge in [0.05, 0.1) is 25.0 Å². The number of ether oxygens (including phenoxy) is 1. The van der Waals surface area contributed by atoms with Gasteiger partial charge in [-0.3, -0.25) is 9.47 Å². The molecule has 8 nitrogen and oxygen atoms in total. The van der Waals surface area contributed by atoms with Crippen molar-refractivity contribution in [3.05, 3.63) is 58.8 Å². The summed E-state index contributed by atoms with van der Waals surface area (Å²) in [6, 6.07) is 6.50. The molecule has 4 aliphatic rings. The van der Waals surface area contributed by atoms with E-state index in [1.165, 1.54) is 18.1 Å². The Bertz CT molecular complexity index is 1250. The van der Waals surface area contributed by atoms with Crippen LogP contribution < -0.4 is 4.90 Å². The summed E-state index contributed by atoms with van der Waals surface area (Å²) in [5, 5.41) is 10.1.